The predicted molar refractivity (Wildman–Crippen MR) is 100 cm³/mol. The summed E-state index contributed by atoms with van der Waals surface area (Å²) in [5, 5.41) is 13.2. The van der Waals surface area contributed by atoms with E-state index in [1.165, 1.54) is 0 Å². The molecule has 2 atom stereocenters. The van der Waals surface area contributed by atoms with Crippen molar-refractivity contribution in [2.24, 2.45) is 5.41 Å². The lowest BCUT2D eigenvalue weighted by Gasteiger charge is -2.35. The molecule has 3 aromatic rings. The topological polar surface area (TPSA) is 91.1 Å². The molecule has 0 aliphatic carbocycles. The maximum atomic E-state index is 11.6. The van der Waals surface area contributed by atoms with Gasteiger partial charge in [-0.3, -0.25) is 0 Å². The maximum Gasteiger partial charge on any atom is 0.405 e. The summed E-state index contributed by atoms with van der Waals surface area (Å²) in [5.41, 5.74) is 2.59. The van der Waals surface area contributed by atoms with E-state index in [4.69, 9.17) is 4.42 Å². The number of nitrogens with one attached hydrogen (secondary N) is 2. The zero-order valence-corrected chi connectivity index (χ0v) is 15.8. The van der Waals surface area contributed by atoms with Crippen LogP contribution in [0.5, 0.6) is 0 Å². The predicted octanol–water partition coefficient (Wildman–Crippen LogP) is 4.91. The number of para-hydroxylation sites is 1. The smallest absolute Gasteiger partial charge is 0.405 e. The minimum absolute atomic E-state index is 0.174. The summed E-state index contributed by atoms with van der Waals surface area (Å²) in [7, 11) is 0. The Labute approximate surface area is 152 Å². The van der Waals surface area contributed by atoms with Crippen molar-refractivity contribution in [2.45, 2.75) is 46.6 Å². The Morgan fingerprint density at radius 2 is 1.96 bits per heavy atom. The van der Waals surface area contributed by atoms with E-state index in [1.807, 2.05) is 44.3 Å². The van der Waals surface area contributed by atoms with Gasteiger partial charge < -0.3 is 19.8 Å². The Kier molecular flexibility index (Phi) is 4.52. The van der Waals surface area contributed by atoms with Crippen molar-refractivity contribution >= 4 is 17.0 Å². The summed E-state index contributed by atoms with van der Waals surface area (Å²) in [6.07, 6.45) is 0.859. The van der Waals surface area contributed by atoms with Crippen LogP contribution in [0.1, 0.15) is 55.6 Å². The SMILES string of the molecule is Cc1nc([C@H](NC(=O)O)C(c2c[nH]c3ccccc23)C(C)(C)C)oc1C. The Morgan fingerprint density at radius 3 is 2.54 bits per heavy atom. The first kappa shape index (κ1) is 18.0. The Bertz CT molecular complexity index is 914. The van der Waals surface area contributed by atoms with Crippen LogP contribution < -0.4 is 5.32 Å². The van der Waals surface area contributed by atoms with Crippen molar-refractivity contribution in [3.05, 3.63) is 53.4 Å². The van der Waals surface area contributed by atoms with Gasteiger partial charge in [0.05, 0.1) is 5.69 Å². The lowest BCUT2D eigenvalue weighted by atomic mass is 9.72. The number of H-pyrrole nitrogens is 1. The van der Waals surface area contributed by atoms with Crippen LogP contribution in [0.25, 0.3) is 10.9 Å². The number of hydrogen-bond donors (Lipinski definition) is 3. The van der Waals surface area contributed by atoms with Gasteiger partial charge in [0.25, 0.3) is 0 Å². The van der Waals surface area contributed by atoms with Gasteiger partial charge in [0.2, 0.25) is 5.89 Å². The van der Waals surface area contributed by atoms with Crippen molar-refractivity contribution in [3.8, 4) is 0 Å². The number of oxazole rings is 1. The molecule has 1 aromatic carbocycles. The van der Waals surface area contributed by atoms with Gasteiger partial charge in [0, 0.05) is 23.0 Å². The van der Waals surface area contributed by atoms with Crippen LogP contribution in [-0.4, -0.2) is 21.2 Å². The van der Waals surface area contributed by atoms with Gasteiger partial charge in [-0.15, -0.1) is 0 Å². The van der Waals surface area contributed by atoms with Gasteiger partial charge in [-0.2, -0.15) is 0 Å². The molecule has 0 fully saturated rings. The van der Waals surface area contributed by atoms with Crippen LogP contribution in [-0.2, 0) is 0 Å². The number of hydrogen-bond acceptors (Lipinski definition) is 3. The molecule has 1 unspecified atom stereocenters. The van der Waals surface area contributed by atoms with Gasteiger partial charge in [0.15, 0.2) is 0 Å². The van der Waals surface area contributed by atoms with E-state index in [0.717, 1.165) is 22.2 Å². The minimum Gasteiger partial charge on any atom is -0.465 e. The highest BCUT2D eigenvalue weighted by atomic mass is 16.4. The molecule has 0 spiro atoms. The highest BCUT2D eigenvalue weighted by Gasteiger charge is 2.39. The number of amides is 1. The Balaban J connectivity index is 2.19. The third-order valence-corrected chi connectivity index (χ3v) is 4.81. The number of aromatic amines is 1. The minimum atomic E-state index is -1.10. The van der Waals surface area contributed by atoms with Gasteiger partial charge in [0.1, 0.15) is 11.8 Å². The van der Waals surface area contributed by atoms with Crippen LogP contribution >= 0.6 is 0 Å². The first-order valence-corrected chi connectivity index (χ1v) is 8.68. The number of fused-ring (bicyclic) bond motifs is 1. The molecule has 0 bridgehead atoms. The highest BCUT2D eigenvalue weighted by Crippen LogP contribution is 2.46. The number of aromatic nitrogens is 2. The molecule has 2 aromatic heterocycles. The molecule has 26 heavy (non-hydrogen) atoms. The zero-order valence-electron chi connectivity index (χ0n) is 15.8. The third-order valence-electron chi connectivity index (χ3n) is 4.81. The van der Waals surface area contributed by atoms with E-state index in [0.29, 0.717) is 11.7 Å². The van der Waals surface area contributed by atoms with Crippen LogP contribution in [0, 0.1) is 19.3 Å². The fourth-order valence-electron chi connectivity index (χ4n) is 3.55. The van der Waals surface area contributed by atoms with Crippen LogP contribution in [0.4, 0.5) is 4.79 Å². The maximum absolute atomic E-state index is 11.6. The van der Waals surface area contributed by atoms with Crippen molar-refractivity contribution in [3.63, 3.8) is 0 Å². The molecule has 6 nitrogen and oxygen atoms in total. The van der Waals surface area contributed by atoms with Crippen molar-refractivity contribution in [1.29, 1.82) is 0 Å². The van der Waals surface area contributed by atoms with Crippen molar-refractivity contribution < 1.29 is 14.3 Å². The number of nitrogens with zero attached hydrogens (tertiary/aromatic N) is 1. The number of rotatable bonds is 4. The van der Waals surface area contributed by atoms with Gasteiger partial charge in [-0.25, -0.2) is 9.78 Å². The van der Waals surface area contributed by atoms with E-state index in [1.54, 1.807) is 0 Å². The monoisotopic (exact) mass is 355 g/mol. The standard InChI is InChI=1S/C20H25N3O3/c1-11-12(2)26-18(22-11)17(23-19(24)25)16(20(3,4)5)14-10-21-15-9-7-6-8-13(14)15/h6-10,16-17,21,23H,1-5H3,(H,24,25)/t16?,17-/m1/s1. The van der Waals surface area contributed by atoms with Gasteiger partial charge >= 0.3 is 6.09 Å². The van der Waals surface area contributed by atoms with Gasteiger partial charge in [-0.1, -0.05) is 39.0 Å². The van der Waals surface area contributed by atoms with Crippen LogP contribution in [0.15, 0.2) is 34.9 Å². The van der Waals surface area contributed by atoms with E-state index in [-0.39, 0.29) is 11.3 Å². The molecule has 3 rings (SSSR count). The summed E-state index contributed by atoms with van der Waals surface area (Å²) in [6.45, 7) is 9.98. The molecule has 0 saturated carbocycles. The summed E-state index contributed by atoms with van der Waals surface area (Å²) < 4.78 is 5.82. The van der Waals surface area contributed by atoms with E-state index in [9.17, 15) is 9.90 Å². The molecule has 0 radical (unpaired) electrons. The quantitative estimate of drug-likeness (QED) is 0.620. The third kappa shape index (κ3) is 3.31. The molecule has 2 heterocycles. The highest BCUT2D eigenvalue weighted by molar-refractivity contribution is 5.84. The molecule has 3 N–H and O–H groups in total. The molecule has 138 valence electrons. The Hall–Kier alpha value is -2.76. The first-order valence-electron chi connectivity index (χ1n) is 8.68. The fraction of sp³-hybridized carbons (Fsp3) is 0.400. The molecular formula is C20H25N3O3. The average Bonchev–Trinajstić information content (AvgIpc) is 3.10. The van der Waals surface area contributed by atoms with Crippen molar-refractivity contribution in [1.82, 2.24) is 15.3 Å². The van der Waals surface area contributed by atoms with Gasteiger partial charge in [-0.05, 0) is 30.9 Å². The zero-order chi connectivity index (χ0) is 19.1. The molecule has 1 amide bonds. The number of carbonyl (C=O) groups is 1. The van der Waals surface area contributed by atoms with E-state index in [2.05, 4.69) is 36.1 Å². The molecule has 0 aliphatic rings. The van der Waals surface area contributed by atoms with E-state index < -0.39 is 12.1 Å². The Morgan fingerprint density at radius 1 is 1.27 bits per heavy atom. The second-order valence-corrected chi connectivity index (χ2v) is 7.75. The molecule has 0 aliphatic heterocycles. The molecule has 6 heteroatoms. The van der Waals surface area contributed by atoms with Crippen molar-refractivity contribution in [2.75, 3.05) is 0 Å². The number of carboxylic acid groups (broad SMARTS) is 1. The average molecular weight is 355 g/mol. The summed E-state index contributed by atoms with van der Waals surface area (Å²) in [5.74, 6) is 0.920. The molecule has 0 saturated heterocycles. The second-order valence-electron chi connectivity index (χ2n) is 7.75. The lowest BCUT2D eigenvalue weighted by Crippen LogP contribution is -2.37. The number of benzene rings is 1. The largest absolute Gasteiger partial charge is 0.465 e. The second kappa shape index (κ2) is 6.52. The number of aryl methyl sites for hydroxylation is 2. The summed E-state index contributed by atoms with van der Waals surface area (Å²) in [6, 6.07) is 7.42. The van der Waals surface area contributed by atoms with Crippen LogP contribution in [0.2, 0.25) is 0 Å². The molecular weight excluding hydrogens is 330 g/mol. The summed E-state index contributed by atoms with van der Waals surface area (Å²) in [4.78, 5) is 19.3. The lowest BCUT2D eigenvalue weighted by molar-refractivity contribution is 0.171. The normalized spacial score (nSPS) is 14.3. The fourth-order valence-corrected chi connectivity index (χ4v) is 3.55. The first-order chi connectivity index (χ1) is 12.2. The van der Waals surface area contributed by atoms with Crippen LogP contribution in [0.3, 0.4) is 0 Å². The van der Waals surface area contributed by atoms with E-state index >= 15 is 0 Å². The summed E-state index contributed by atoms with van der Waals surface area (Å²) >= 11 is 0.